The van der Waals surface area contributed by atoms with Crippen LogP contribution in [0.5, 0.6) is 0 Å². The van der Waals surface area contributed by atoms with Gasteiger partial charge in [0, 0.05) is 22.8 Å². The van der Waals surface area contributed by atoms with Crippen LogP contribution < -0.4 is 5.32 Å². The van der Waals surface area contributed by atoms with E-state index in [0.29, 0.717) is 15.1 Å². The van der Waals surface area contributed by atoms with E-state index in [-0.39, 0.29) is 18.2 Å². The lowest BCUT2D eigenvalue weighted by molar-refractivity contribution is 0.612. The van der Waals surface area contributed by atoms with Crippen LogP contribution in [0.3, 0.4) is 0 Å². The minimum Gasteiger partial charge on any atom is -0.381 e. The Hall–Kier alpha value is -1.13. The van der Waals surface area contributed by atoms with Crippen molar-refractivity contribution in [3.8, 4) is 0 Å². The van der Waals surface area contributed by atoms with Crippen molar-refractivity contribution < 1.29 is 8.78 Å². The highest BCUT2D eigenvalue weighted by atomic mass is 79.9. The molecule has 100 valence electrons. The van der Waals surface area contributed by atoms with E-state index in [1.165, 1.54) is 18.2 Å². The number of hydrogen-bond acceptors (Lipinski definition) is 1. The summed E-state index contributed by atoms with van der Waals surface area (Å²) in [6, 6.07) is 7.44. The van der Waals surface area contributed by atoms with Gasteiger partial charge >= 0.3 is 0 Å². The van der Waals surface area contributed by atoms with E-state index in [0.717, 1.165) is 11.3 Å². The molecular formula is C14H11BrClF2N. The van der Waals surface area contributed by atoms with Crippen molar-refractivity contribution in [3.63, 3.8) is 0 Å². The molecule has 0 unspecified atom stereocenters. The largest absolute Gasteiger partial charge is 0.381 e. The lowest BCUT2D eigenvalue weighted by Crippen LogP contribution is -2.03. The molecule has 5 heteroatoms. The molecule has 0 amide bonds. The van der Waals surface area contributed by atoms with Gasteiger partial charge in [0.15, 0.2) is 0 Å². The Balaban J connectivity index is 2.19. The fourth-order valence-corrected chi connectivity index (χ4v) is 2.24. The average Bonchev–Trinajstić information content (AvgIpc) is 2.36. The van der Waals surface area contributed by atoms with Gasteiger partial charge in [-0.3, -0.25) is 0 Å². The Kier molecular flexibility index (Phi) is 4.42. The van der Waals surface area contributed by atoms with Crippen LogP contribution in [0.25, 0.3) is 0 Å². The van der Waals surface area contributed by atoms with E-state index in [1.807, 2.05) is 0 Å². The Labute approximate surface area is 123 Å². The van der Waals surface area contributed by atoms with Crippen molar-refractivity contribution in [2.75, 3.05) is 5.32 Å². The predicted octanol–water partition coefficient (Wildman–Crippen LogP) is 5.30. The third kappa shape index (κ3) is 3.45. The topological polar surface area (TPSA) is 12.0 Å². The first kappa shape index (κ1) is 14.3. The molecule has 0 heterocycles. The van der Waals surface area contributed by atoms with Crippen molar-refractivity contribution in [1.29, 1.82) is 0 Å². The van der Waals surface area contributed by atoms with E-state index in [2.05, 4.69) is 21.2 Å². The summed E-state index contributed by atoms with van der Waals surface area (Å²) < 4.78 is 27.2. The lowest BCUT2D eigenvalue weighted by atomic mass is 10.1. The molecule has 0 atom stereocenters. The molecule has 0 aromatic heterocycles. The van der Waals surface area contributed by atoms with Crippen LogP contribution in [-0.4, -0.2) is 0 Å². The van der Waals surface area contributed by atoms with Gasteiger partial charge in [-0.25, -0.2) is 8.78 Å². The monoisotopic (exact) mass is 345 g/mol. The van der Waals surface area contributed by atoms with E-state index < -0.39 is 0 Å². The van der Waals surface area contributed by atoms with Crippen LogP contribution >= 0.6 is 27.5 Å². The fourth-order valence-electron chi connectivity index (χ4n) is 1.71. The first-order valence-corrected chi connectivity index (χ1v) is 6.78. The smallest absolute Gasteiger partial charge is 0.137 e. The lowest BCUT2D eigenvalue weighted by Gasteiger charge is -2.11. The summed E-state index contributed by atoms with van der Waals surface area (Å²) in [5.74, 6) is -0.646. The molecule has 0 aliphatic carbocycles. The number of aryl methyl sites for hydroxylation is 1. The number of nitrogens with one attached hydrogen (secondary N) is 1. The standard InChI is InChI=1S/C14H11BrClF2N/c1-8-4-13(18)11(15)6-14(8)19-7-9-5-10(16)2-3-12(9)17/h2-6,19H,7H2,1H3. The van der Waals surface area contributed by atoms with Gasteiger partial charge in [0.2, 0.25) is 0 Å². The maximum atomic E-state index is 13.5. The molecule has 1 N–H and O–H groups in total. The summed E-state index contributed by atoms with van der Waals surface area (Å²) in [7, 11) is 0. The first-order chi connectivity index (χ1) is 8.97. The summed E-state index contributed by atoms with van der Waals surface area (Å²) in [6.07, 6.45) is 0. The van der Waals surface area contributed by atoms with E-state index in [4.69, 9.17) is 11.6 Å². The molecule has 0 fully saturated rings. The normalized spacial score (nSPS) is 10.6. The summed E-state index contributed by atoms with van der Waals surface area (Å²) in [6.45, 7) is 2.07. The van der Waals surface area contributed by atoms with Crippen molar-refractivity contribution in [1.82, 2.24) is 0 Å². The Morgan fingerprint density at radius 3 is 2.63 bits per heavy atom. The Bertz CT molecular complexity index is 617. The van der Waals surface area contributed by atoms with Crippen LogP contribution in [0.15, 0.2) is 34.8 Å². The van der Waals surface area contributed by atoms with Gasteiger partial charge in [-0.2, -0.15) is 0 Å². The fraction of sp³-hybridized carbons (Fsp3) is 0.143. The predicted molar refractivity (Wildman–Crippen MR) is 77.6 cm³/mol. The number of rotatable bonds is 3. The van der Waals surface area contributed by atoms with Crippen LogP contribution in [0.1, 0.15) is 11.1 Å². The van der Waals surface area contributed by atoms with Gasteiger partial charge in [-0.15, -0.1) is 0 Å². The summed E-state index contributed by atoms with van der Waals surface area (Å²) >= 11 is 8.95. The second-order valence-corrected chi connectivity index (χ2v) is 5.46. The third-order valence-corrected chi connectivity index (χ3v) is 3.59. The van der Waals surface area contributed by atoms with Gasteiger partial charge in [-0.05, 0) is 58.7 Å². The molecule has 0 spiro atoms. The van der Waals surface area contributed by atoms with E-state index in [1.54, 1.807) is 19.1 Å². The van der Waals surface area contributed by atoms with Crippen LogP contribution in [0.2, 0.25) is 5.02 Å². The Morgan fingerprint density at radius 1 is 1.16 bits per heavy atom. The van der Waals surface area contributed by atoms with Crippen molar-refractivity contribution in [2.24, 2.45) is 0 Å². The van der Waals surface area contributed by atoms with Gasteiger partial charge in [0.1, 0.15) is 11.6 Å². The highest BCUT2D eigenvalue weighted by Crippen LogP contribution is 2.25. The highest BCUT2D eigenvalue weighted by Gasteiger charge is 2.07. The van der Waals surface area contributed by atoms with Crippen molar-refractivity contribution in [2.45, 2.75) is 13.5 Å². The molecule has 2 aromatic rings. The summed E-state index contributed by atoms with van der Waals surface area (Å²) in [4.78, 5) is 0. The van der Waals surface area contributed by atoms with E-state index >= 15 is 0 Å². The molecule has 2 aromatic carbocycles. The van der Waals surface area contributed by atoms with Crippen LogP contribution in [0, 0.1) is 18.6 Å². The Morgan fingerprint density at radius 2 is 1.89 bits per heavy atom. The second kappa shape index (κ2) is 5.88. The molecule has 0 bridgehead atoms. The first-order valence-electron chi connectivity index (χ1n) is 5.61. The molecule has 0 saturated heterocycles. The molecule has 2 rings (SSSR count). The van der Waals surface area contributed by atoms with Gasteiger partial charge in [0.25, 0.3) is 0 Å². The minimum absolute atomic E-state index is 0.283. The number of hydrogen-bond donors (Lipinski definition) is 1. The van der Waals surface area contributed by atoms with Crippen molar-refractivity contribution in [3.05, 3.63) is 62.6 Å². The number of benzene rings is 2. The van der Waals surface area contributed by atoms with Crippen LogP contribution in [0.4, 0.5) is 14.5 Å². The molecule has 0 aliphatic heterocycles. The highest BCUT2D eigenvalue weighted by molar-refractivity contribution is 9.10. The number of halogens is 4. The third-order valence-electron chi connectivity index (χ3n) is 2.74. The van der Waals surface area contributed by atoms with Crippen LogP contribution in [-0.2, 0) is 6.54 Å². The molecular weight excluding hydrogens is 336 g/mol. The molecule has 0 radical (unpaired) electrons. The van der Waals surface area contributed by atoms with Gasteiger partial charge < -0.3 is 5.32 Å². The minimum atomic E-state index is -0.323. The maximum Gasteiger partial charge on any atom is 0.137 e. The summed E-state index contributed by atoms with van der Waals surface area (Å²) in [5, 5.41) is 3.55. The average molecular weight is 347 g/mol. The molecule has 0 aliphatic rings. The number of anilines is 1. The zero-order chi connectivity index (χ0) is 14.0. The summed E-state index contributed by atoms with van der Waals surface area (Å²) in [5.41, 5.74) is 1.96. The molecule has 19 heavy (non-hydrogen) atoms. The SMILES string of the molecule is Cc1cc(F)c(Br)cc1NCc1cc(Cl)ccc1F. The molecule has 1 nitrogen and oxygen atoms in total. The maximum absolute atomic E-state index is 13.5. The van der Waals surface area contributed by atoms with E-state index in [9.17, 15) is 8.78 Å². The van der Waals surface area contributed by atoms with Crippen molar-refractivity contribution >= 4 is 33.2 Å². The zero-order valence-corrected chi connectivity index (χ0v) is 12.4. The molecule has 0 saturated carbocycles. The quantitative estimate of drug-likeness (QED) is 0.795. The van der Waals surface area contributed by atoms with Gasteiger partial charge in [-0.1, -0.05) is 11.6 Å². The second-order valence-electron chi connectivity index (χ2n) is 4.17. The zero-order valence-electron chi connectivity index (χ0n) is 10.1. The van der Waals surface area contributed by atoms with Gasteiger partial charge in [0.05, 0.1) is 4.47 Å².